The third-order valence-corrected chi connectivity index (χ3v) is 3.33. The number of carbonyl (C=O) groups excluding carboxylic acids is 3. The molecule has 0 aromatic rings. The summed E-state index contributed by atoms with van der Waals surface area (Å²) >= 11 is 0. The van der Waals surface area contributed by atoms with E-state index in [1.54, 1.807) is 0 Å². The number of nitriles is 1. The van der Waals surface area contributed by atoms with Gasteiger partial charge in [0.15, 0.2) is 11.9 Å². The van der Waals surface area contributed by atoms with Crippen molar-refractivity contribution in [2.45, 2.75) is 64.9 Å². The molecule has 0 aliphatic heterocycles. The summed E-state index contributed by atoms with van der Waals surface area (Å²) in [5, 5.41) is 9.11. The number of hydrogen-bond donors (Lipinski definition) is 0. The fraction of sp³-hybridized carbons (Fsp3) is 0.647. The van der Waals surface area contributed by atoms with E-state index in [2.05, 4.69) is 19.6 Å². The predicted octanol–water partition coefficient (Wildman–Crippen LogP) is 3.13. The Kier molecular flexibility index (Phi) is 10.6. The van der Waals surface area contributed by atoms with Crippen molar-refractivity contribution in [2.75, 3.05) is 0 Å². The highest BCUT2D eigenvalue weighted by Gasteiger charge is 2.24. The molecule has 0 spiro atoms. The average molecular weight is 307 g/mol. The van der Waals surface area contributed by atoms with Gasteiger partial charge in [-0.1, -0.05) is 26.3 Å². The Balaban J connectivity index is 4.66. The predicted molar refractivity (Wildman–Crippen MR) is 82.9 cm³/mol. The van der Waals surface area contributed by atoms with Crippen molar-refractivity contribution in [3.8, 4) is 6.07 Å². The number of ketones is 1. The maximum Gasteiger partial charge on any atom is 0.333 e. The van der Waals surface area contributed by atoms with Crippen LogP contribution in [-0.2, 0) is 19.1 Å². The van der Waals surface area contributed by atoms with Crippen molar-refractivity contribution in [1.82, 2.24) is 0 Å². The quantitative estimate of drug-likeness (QED) is 0.314. The number of Topliss-reactive ketones (excluding diaryl/α,β-unsaturated/α-hetero) is 1. The molecule has 2 atom stereocenters. The summed E-state index contributed by atoms with van der Waals surface area (Å²) in [6.07, 6.45) is 3.45. The minimum atomic E-state index is -0.901. The van der Waals surface area contributed by atoms with Gasteiger partial charge in [-0.2, -0.15) is 5.26 Å². The maximum atomic E-state index is 12.0. The van der Waals surface area contributed by atoms with Crippen molar-refractivity contribution in [3.05, 3.63) is 12.2 Å². The van der Waals surface area contributed by atoms with Crippen molar-refractivity contribution in [2.24, 2.45) is 5.92 Å². The summed E-state index contributed by atoms with van der Waals surface area (Å²) in [4.78, 5) is 34.0. The summed E-state index contributed by atoms with van der Waals surface area (Å²) < 4.78 is 5.16. The molecule has 0 amide bonds. The van der Waals surface area contributed by atoms with E-state index >= 15 is 0 Å². The molecule has 122 valence electrons. The van der Waals surface area contributed by atoms with Gasteiger partial charge in [0.2, 0.25) is 0 Å². The first-order valence-corrected chi connectivity index (χ1v) is 7.68. The van der Waals surface area contributed by atoms with Crippen LogP contribution in [0.5, 0.6) is 0 Å². The molecule has 0 rings (SSSR count). The van der Waals surface area contributed by atoms with Crippen LogP contribution in [0.25, 0.3) is 0 Å². The van der Waals surface area contributed by atoms with Gasteiger partial charge in [-0.3, -0.25) is 4.79 Å². The van der Waals surface area contributed by atoms with E-state index in [9.17, 15) is 14.4 Å². The summed E-state index contributed by atoms with van der Waals surface area (Å²) in [5.41, 5.74) is 0.219. The Bertz CT molecular complexity index is 436. The summed E-state index contributed by atoms with van der Waals surface area (Å²) in [6, 6.07) is 2.22. The van der Waals surface area contributed by atoms with Crippen molar-refractivity contribution < 1.29 is 19.1 Å². The number of aldehydes is 1. The van der Waals surface area contributed by atoms with Gasteiger partial charge in [-0.25, -0.2) is 4.79 Å². The Morgan fingerprint density at radius 1 is 1.32 bits per heavy atom. The Morgan fingerprint density at radius 3 is 2.50 bits per heavy atom. The number of unbranched alkanes of at least 4 members (excludes halogenated alkanes) is 1. The standard InChI is InChI=1S/C17H25NO4/c1-4-5-7-14(12-18)9-10-16(15(20)8-6-11-19)22-17(21)13(2)3/h11,14,16H,2,4-10H2,1,3H3. The highest BCUT2D eigenvalue weighted by molar-refractivity contribution is 5.91. The van der Waals surface area contributed by atoms with Crippen molar-refractivity contribution in [1.29, 1.82) is 5.26 Å². The van der Waals surface area contributed by atoms with Crippen LogP contribution in [0.4, 0.5) is 0 Å². The largest absolute Gasteiger partial charge is 0.451 e. The second kappa shape index (κ2) is 11.7. The SMILES string of the molecule is C=C(C)C(=O)OC(CCC(C#N)CCCC)C(=O)CCC=O. The first-order chi connectivity index (χ1) is 10.5. The van der Waals surface area contributed by atoms with Crippen LogP contribution in [0.3, 0.4) is 0 Å². The van der Waals surface area contributed by atoms with E-state index in [0.29, 0.717) is 19.1 Å². The fourth-order valence-electron chi connectivity index (χ4n) is 1.95. The number of carbonyl (C=O) groups is 3. The number of ether oxygens (including phenoxy) is 1. The molecule has 0 saturated carbocycles. The molecule has 0 aliphatic rings. The maximum absolute atomic E-state index is 12.0. The number of nitrogens with zero attached hydrogens (tertiary/aromatic N) is 1. The van der Waals surface area contributed by atoms with Crippen LogP contribution in [0, 0.1) is 17.2 Å². The lowest BCUT2D eigenvalue weighted by molar-refractivity contribution is -0.152. The van der Waals surface area contributed by atoms with Gasteiger partial charge < -0.3 is 9.53 Å². The van der Waals surface area contributed by atoms with Crippen LogP contribution in [-0.4, -0.2) is 24.1 Å². The third kappa shape index (κ3) is 8.35. The van der Waals surface area contributed by atoms with Crippen LogP contribution >= 0.6 is 0 Å². The molecule has 0 radical (unpaired) electrons. The molecular formula is C17H25NO4. The second-order valence-electron chi connectivity index (χ2n) is 5.39. The minimum absolute atomic E-state index is 0.0455. The molecule has 0 N–H and O–H groups in total. The van der Waals surface area contributed by atoms with Gasteiger partial charge in [0.1, 0.15) is 6.29 Å². The van der Waals surface area contributed by atoms with Crippen LogP contribution in [0.1, 0.15) is 58.8 Å². The molecule has 5 nitrogen and oxygen atoms in total. The zero-order valence-corrected chi connectivity index (χ0v) is 13.5. The minimum Gasteiger partial charge on any atom is -0.451 e. The van der Waals surface area contributed by atoms with Gasteiger partial charge in [0.25, 0.3) is 0 Å². The summed E-state index contributed by atoms with van der Waals surface area (Å²) in [6.45, 7) is 7.05. The number of esters is 1. The molecule has 0 aliphatic carbocycles. The van der Waals surface area contributed by atoms with E-state index in [0.717, 1.165) is 19.3 Å². The highest BCUT2D eigenvalue weighted by atomic mass is 16.5. The molecule has 0 aromatic heterocycles. The normalized spacial score (nSPS) is 12.8. The van der Waals surface area contributed by atoms with Crippen LogP contribution in [0.2, 0.25) is 0 Å². The highest BCUT2D eigenvalue weighted by Crippen LogP contribution is 2.18. The molecule has 0 aromatic carbocycles. The van der Waals surface area contributed by atoms with E-state index < -0.39 is 12.1 Å². The van der Waals surface area contributed by atoms with Gasteiger partial charge in [0, 0.05) is 24.3 Å². The van der Waals surface area contributed by atoms with E-state index in [-0.39, 0.29) is 30.1 Å². The van der Waals surface area contributed by atoms with E-state index in [1.165, 1.54) is 6.92 Å². The Hall–Kier alpha value is -1.96. The Morgan fingerprint density at radius 2 is 2.00 bits per heavy atom. The Labute approximate surface area is 132 Å². The lowest BCUT2D eigenvalue weighted by atomic mass is 9.95. The smallest absolute Gasteiger partial charge is 0.333 e. The molecule has 0 bridgehead atoms. The monoisotopic (exact) mass is 307 g/mol. The van der Waals surface area contributed by atoms with E-state index in [1.807, 2.05) is 0 Å². The molecule has 2 unspecified atom stereocenters. The lowest BCUT2D eigenvalue weighted by Crippen LogP contribution is -2.28. The van der Waals surface area contributed by atoms with E-state index in [4.69, 9.17) is 10.00 Å². The molecule has 0 fully saturated rings. The number of rotatable bonds is 12. The molecule has 0 heterocycles. The zero-order chi connectivity index (χ0) is 17.0. The second-order valence-corrected chi connectivity index (χ2v) is 5.39. The lowest BCUT2D eigenvalue weighted by Gasteiger charge is -2.18. The molecule has 5 heteroatoms. The summed E-state index contributed by atoms with van der Waals surface area (Å²) in [5.74, 6) is -1.05. The topological polar surface area (TPSA) is 84.2 Å². The number of hydrogen-bond acceptors (Lipinski definition) is 5. The zero-order valence-electron chi connectivity index (χ0n) is 13.5. The first kappa shape index (κ1) is 20.0. The van der Waals surface area contributed by atoms with Gasteiger partial charge in [-0.15, -0.1) is 0 Å². The van der Waals surface area contributed by atoms with Gasteiger partial charge in [-0.05, 0) is 26.2 Å². The van der Waals surface area contributed by atoms with Gasteiger partial charge >= 0.3 is 5.97 Å². The van der Waals surface area contributed by atoms with Crippen molar-refractivity contribution >= 4 is 18.0 Å². The molecule has 22 heavy (non-hydrogen) atoms. The summed E-state index contributed by atoms with van der Waals surface area (Å²) in [7, 11) is 0. The fourth-order valence-corrected chi connectivity index (χ4v) is 1.95. The van der Waals surface area contributed by atoms with Gasteiger partial charge in [0.05, 0.1) is 6.07 Å². The first-order valence-electron chi connectivity index (χ1n) is 7.68. The van der Waals surface area contributed by atoms with Crippen molar-refractivity contribution in [3.63, 3.8) is 0 Å². The third-order valence-electron chi connectivity index (χ3n) is 3.33. The molecule has 0 saturated heterocycles. The van der Waals surface area contributed by atoms with Crippen LogP contribution in [0.15, 0.2) is 12.2 Å². The average Bonchev–Trinajstić information content (AvgIpc) is 2.50. The van der Waals surface area contributed by atoms with Crippen LogP contribution < -0.4 is 0 Å². The molecular weight excluding hydrogens is 282 g/mol.